The number of ether oxygens (including phenoxy) is 1. The Morgan fingerprint density at radius 3 is 2.74 bits per heavy atom. The quantitative estimate of drug-likeness (QED) is 0.881. The lowest BCUT2D eigenvalue weighted by atomic mass is 10.3. The number of hydrogen-bond donors (Lipinski definition) is 1. The largest absolute Gasteiger partial charge is 0.441 e. The Morgan fingerprint density at radius 2 is 2.16 bits per heavy atom. The van der Waals surface area contributed by atoms with E-state index in [0.717, 1.165) is 18.9 Å². The van der Waals surface area contributed by atoms with Crippen molar-refractivity contribution >= 4 is 17.6 Å². The number of pyridine rings is 1. The van der Waals surface area contributed by atoms with Gasteiger partial charge >= 0.3 is 6.09 Å². The van der Waals surface area contributed by atoms with E-state index in [0.29, 0.717) is 12.2 Å². The molecule has 1 aromatic rings. The van der Waals surface area contributed by atoms with Crippen molar-refractivity contribution in [3.63, 3.8) is 0 Å². The van der Waals surface area contributed by atoms with Gasteiger partial charge in [-0.15, -0.1) is 0 Å². The Morgan fingerprint density at radius 1 is 1.37 bits per heavy atom. The van der Waals surface area contributed by atoms with Crippen molar-refractivity contribution in [3.8, 4) is 0 Å². The molecule has 2 aliphatic heterocycles. The van der Waals surface area contributed by atoms with Crippen molar-refractivity contribution < 1.29 is 14.6 Å². The van der Waals surface area contributed by atoms with E-state index >= 15 is 0 Å². The molecule has 1 aromatic heterocycles. The van der Waals surface area contributed by atoms with Crippen LogP contribution in [0.4, 0.5) is 16.3 Å². The van der Waals surface area contributed by atoms with Gasteiger partial charge in [0.1, 0.15) is 11.9 Å². The van der Waals surface area contributed by atoms with E-state index < -0.39 is 12.2 Å². The molecule has 0 saturated carbocycles. The lowest BCUT2D eigenvalue weighted by Crippen LogP contribution is -2.26. The number of amides is 1. The molecule has 19 heavy (non-hydrogen) atoms. The number of nitrogens with zero attached hydrogens (tertiary/aromatic N) is 3. The fourth-order valence-electron chi connectivity index (χ4n) is 2.50. The Hall–Kier alpha value is -1.82. The summed E-state index contributed by atoms with van der Waals surface area (Å²) in [6.45, 7) is 2.32. The lowest BCUT2D eigenvalue weighted by molar-refractivity contribution is 0.0963. The number of rotatable bonds is 3. The molecule has 0 spiro atoms. The standard InChI is InChI=1S/C13H17N3O3/c17-9-11-8-16(13(18)19-11)10-3-4-12(14-7-10)15-5-1-2-6-15/h3-4,7,11,17H,1-2,5-6,8-9H2/t11-/m0/s1. The van der Waals surface area contributed by atoms with Crippen LogP contribution in [0.3, 0.4) is 0 Å². The first-order valence-electron chi connectivity index (χ1n) is 6.58. The van der Waals surface area contributed by atoms with E-state index in [9.17, 15) is 4.79 Å². The van der Waals surface area contributed by atoms with Crippen LogP contribution in [0, 0.1) is 0 Å². The molecular formula is C13H17N3O3. The third-order valence-corrected chi connectivity index (χ3v) is 3.55. The van der Waals surface area contributed by atoms with E-state index in [-0.39, 0.29) is 6.61 Å². The van der Waals surface area contributed by atoms with Crippen molar-refractivity contribution in [3.05, 3.63) is 18.3 Å². The highest BCUT2D eigenvalue weighted by molar-refractivity contribution is 5.89. The minimum absolute atomic E-state index is 0.151. The number of aliphatic hydroxyl groups is 1. The number of aliphatic hydroxyl groups excluding tert-OH is 1. The molecule has 2 fully saturated rings. The van der Waals surface area contributed by atoms with Gasteiger partial charge in [-0.3, -0.25) is 4.90 Å². The maximum absolute atomic E-state index is 11.6. The van der Waals surface area contributed by atoms with Gasteiger partial charge in [0.2, 0.25) is 0 Å². The van der Waals surface area contributed by atoms with Gasteiger partial charge in [-0.05, 0) is 25.0 Å². The summed E-state index contributed by atoms with van der Waals surface area (Å²) < 4.78 is 5.01. The molecule has 1 amide bonds. The average Bonchev–Trinajstić information content (AvgIpc) is 3.08. The maximum atomic E-state index is 11.6. The van der Waals surface area contributed by atoms with E-state index in [4.69, 9.17) is 9.84 Å². The second kappa shape index (κ2) is 5.05. The molecule has 102 valence electrons. The number of cyclic esters (lactones) is 1. The van der Waals surface area contributed by atoms with Crippen LogP contribution in [-0.4, -0.2) is 48.5 Å². The summed E-state index contributed by atoms with van der Waals surface area (Å²) in [5.74, 6) is 0.951. The number of carbonyl (C=O) groups excluding carboxylic acids is 1. The molecule has 0 radical (unpaired) electrons. The highest BCUT2D eigenvalue weighted by atomic mass is 16.6. The zero-order chi connectivity index (χ0) is 13.2. The van der Waals surface area contributed by atoms with Crippen LogP contribution < -0.4 is 9.80 Å². The maximum Gasteiger partial charge on any atom is 0.414 e. The van der Waals surface area contributed by atoms with Gasteiger partial charge in [-0.2, -0.15) is 0 Å². The molecule has 2 saturated heterocycles. The molecule has 6 heteroatoms. The van der Waals surface area contributed by atoms with E-state index in [1.165, 1.54) is 17.7 Å². The monoisotopic (exact) mass is 263 g/mol. The predicted molar refractivity (Wildman–Crippen MR) is 70.4 cm³/mol. The summed E-state index contributed by atoms with van der Waals surface area (Å²) in [4.78, 5) is 19.8. The van der Waals surface area contributed by atoms with Crippen LogP contribution in [0.25, 0.3) is 0 Å². The summed E-state index contributed by atoms with van der Waals surface area (Å²) in [7, 11) is 0. The molecule has 0 aliphatic carbocycles. The fraction of sp³-hybridized carbons (Fsp3) is 0.538. The smallest absolute Gasteiger partial charge is 0.414 e. The van der Waals surface area contributed by atoms with Gasteiger partial charge in [0, 0.05) is 13.1 Å². The van der Waals surface area contributed by atoms with Gasteiger partial charge < -0.3 is 14.7 Å². The number of hydrogen-bond acceptors (Lipinski definition) is 5. The highest BCUT2D eigenvalue weighted by Crippen LogP contribution is 2.24. The predicted octanol–water partition coefficient (Wildman–Crippen LogP) is 0.999. The lowest BCUT2D eigenvalue weighted by Gasteiger charge is -2.18. The van der Waals surface area contributed by atoms with E-state index in [1.54, 1.807) is 6.20 Å². The minimum Gasteiger partial charge on any atom is -0.441 e. The molecular weight excluding hydrogens is 246 g/mol. The summed E-state index contributed by atoms with van der Waals surface area (Å²) >= 11 is 0. The van der Waals surface area contributed by atoms with Crippen molar-refractivity contribution in [1.29, 1.82) is 0 Å². The number of carbonyl (C=O) groups is 1. The highest BCUT2D eigenvalue weighted by Gasteiger charge is 2.32. The molecule has 1 atom stereocenters. The van der Waals surface area contributed by atoms with Crippen LogP contribution in [0.5, 0.6) is 0 Å². The molecule has 3 heterocycles. The van der Waals surface area contributed by atoms with Gasteiger partial charge in [0.05, 0.1) is 25.0 Å². The van der Waals surface area contributed by atoms with Crippen LogP contribution in [0.15, 0.2) is 18.3 Å². The van der Waals surface area contributed by atoms with E-state index in [2.05, 4.69) is 9.88 Å². The second-order valence-corrected chi connectivity index (χ2v) is 4.87. The van der Waals surface area contributed by atoms with Crippen LogP contribution in [-0.2, 0) is 4.74 Å². The molecule has 1 N–H and O–H groups in total. The Labute approximate surface area is 111 Å². The topological polar surface area (TPSA) is 65.9 Å². The SMILES string of the molecule is O=C1O[C@H](CO)CN1c1ccc(N2CCCC2)nc1. The van der Waals surface area contributed by atoms with Gasteiger partial charge in [-0.1, -0.05) is 0 Å². The summed E-state index contributed by atoms with van der Waals surface area (Å²) in [5.41, 5.74) is 0.712. The number of anilines is 2. The molecule has 0 bridgehead atoms. The molecule has 0 aromatic carbocycles. The third-order valence-electron chi connectivity index (χ3n) is 3.55. The van der Waals surface area contributed by atoms with Crippen molar-refractivity contribution in [2.45, 2.75) is 18.9 Å². The Balaban J connectivity index is 1.73. The minimum atomic E-state index is -0.439. The molecule has 2 aliphatic rings. The van der Waals surface area contributed by atoms with E-state index in [1.807, 2.05) is 12.1 Å². The fourth-order valence-corrected chi connectivity index (χ4v) is 2.50. The molecule has 6 nitrogen and oxygen atoms in total. The van der Waals surface area contributed by atoms with Crippen LogP contribution in [0.1, 0.15) is 12.8 Å². The van der Waals surface area contributed by atoms with Crippen molar-refractivity contribution in [2.24, 2.45) is 0 Å². The zero-order valence-electron chi connectivity index (χ0n) is 10.7. The average molecular weight is 263 g/mol. The van der Waals surface area contributed by atoms with Gasteiger partial charge in [-0.25, -0.2) is 9.78 Å². The zero-order valence-corrected chi connectivity index (χ0v) is 10.7. The second-order valence-electron chi connectivity index (χ2n) is 4.87. The summed E-state index contributed by atoms with van der Waals surface area (Å²) in [5, 5.41) is 9.01. The van der Waals surface area contributed by atoms with Crippen molar-refractivity contribution in [2.75, 3.05) is 36.0 Å². The van der Waals surface area contributed by atoms with Gasteiger partial charge in [0.15, 0.2) is 0 Å². The Kier molecular flexibility index (Phi) is 3.25. The van der Waals surface area contributed by atoms with Crippen LogP contribution in [0.2, 0.25) is 0 Å². The normalized spacial score (nSPS) is 23.0. The molecule has 3 rings (SSSR count). The first-order valence-corrected chi connectivity index (χ1v) is 6.58. The first kappa shape index (κ1) is 12.2. The van der Waals surface area contributed by atoms with Crippen molar-refractivity contribution in [1.82, 2.24) is 4.98 Å². The van der Waals surface area contributed by atoms with Crippen LogP contribution >= 0.6 is 0 Å². The first-order chi connectivity index (χ1) is 9.28. The molecule has 0 unspecified atom stereocenters. The van der Waals surface area contributed by atoms with Gasteiger partial charge in [0.25, 0.3) is 0 Å². The third kappa shape index (κ3) is 2.35. The number of aromatic nitrogens is 1. The summed E-state index contributed by atoms with van der Waals surface area (Å²) in [6, 6.07) is 3.81. The Bertz CT molecular complexity index is 457. The summed E-state index contributed by atoms with van der Waals surface area (Å²) in [6.07, 6.45) is 3.25.